The van der Waals surface area contributed by atoms with Crippen molar-refractivity contribution in [1.82, 2.24) is 19.6 Å². The zero-order chi connectivity index (χ0) is 17.2. The second-order valence-electron chi connectivity index (χ2n) is 7.83. The lowest BCUT2D eigenvalue weighted by Crippen LogP contribution is -2.59. The molecule has 0 amide bonds. The lowest BCUT2D eigenvalue weighted by Gasteiger charge is -2.47. The van der Waals surface area contributed by atoms with Crippen molar-refractivity contribution in [3.63, 3.8) is 0 Å². The molecule has 0 spiro atoms. The molecule has 24 heavy (non-hydrogen) atoms. The Morgan fingerprint density at radius 1 is 0.667 bits per heavy atom. The Kier molecular flexibility index (Phi) is 9.62. The molecule has 4 heteroatoms. The van der Waals surface area contributed by atoms with Crippen LogP contribution in [0.15, 0.2) is 0 Å². The van der Waals surface area contributed by atoms with Crippen molar-refractivity contribution in [1.29, 1.82) is 0 Å². The molecule has 2 aliphatic heterocycles. The van der Waals surface area contributed by atoms with Crippen LogP contribution in [0.2, 0.25) is 0 Å². The maximum Gasteiger partial charge on any atom is 0.0644 e. The minimum absolute atomic E-state index is 0.663. The van der Waals surface area contributed by atoms with Crippen LogP contribution in [0, 0.1) is 0 Å². The van der Waals surface area contributed by atoms with Crippen LogP contribution < -0.4 is 0 Å². The number of hydrogen-bond donors (Lipinski definition) is 0. The molecule has 0 saturated carbocycles. The summed E-state index contributed by atoms with van der Waals surface area (Å²) >= 11 is 0. The summed E-state index contributed by atoms with van der Waals surface area (Å²) in [7, 11) is 0. The van der Waals surface area contributed by atoms with Crippen LogP contribution >= 0.6 is 0 Å². The third-order valence-electron chi connectivity index (χ3n) is 5.59. The minimum atomic E-state index is 0.663. The molecular formula is C20H42N4. The molecule has 4 nitrogen and oxygen atoms in total. The summed E-state index contributed by atoms with van der Waals surface area (Å²) in [5, 5.41) is 0. The van der Waals surface area contributed by atoms with E-state index in [-0.39, 0.29) is 0 Å². The van der Waals surface area contributed by atoms with E-state index in [2.05, 4.69) is 40.4 Å². The van der Waals surface area contributed by atoms with E-state index in [0.29, 0.717) is 6.17 Å². The van der Waals surface area contributed by atoms with Gasteiger partial charge in [0.25, 0.3) is 0 Å². The topological polar surface area (TPSA) is 13.0 Å². The van der Waals surface area contributed by atoms with Gasteiger partial charge in [-0.15, -0.1) is 0 Å². The van der Waals surface area contributed by atoms with E-state index in [1.807, 2.05) is 0 Å². The summed E-state index contributed by atoms with van der Waals surface area (Å²) in [5.41, 5.74) is 0. The third-order valence-corrected chi connectivity index (χ3v) is 5.59. The number of hydrogen-bond acceptors (Lipinski definition) is 4. The fourth-order valence-corrected chi connectivity index (χ4v) is 4.45. The lowest BCUT2D eigenvalue weighted by atomic mass is 10.1. The van der Waals surface area contributed by atoms with E-state index in [0.717, 1.165) is 0 Å². The summed E-state index contributed by atoms with van der Waals surface area (Å²) in [6.07, 6.45) is 11.4. The molecule has 2 heterocycles. The van der Waals surface area contributed by atoms with Gasteiger partial charge in [0.1, 0.15) is 0 Å². The molecule has 0 radical (unpaired) electrons. The molecule has 0 N–H and O–H groups in total. The van der Waals surface area contributed by atoms with Gasteiger partial charge in [-0.05, 0) is 45.2 Å². The van der Waals surface area contributed by atoms with E-state index < -0.39 is 0 Å². The van der Waals surface area contributed by atoms with Gasteiger partial charge < -0.3 is 0 Å². The molecule has 2 saturated heterocycles. The summed E-state index contributed by atoms with van der Waals surface area (Å²) in [4.78, 5) is 10.9. The minimum Gasteiger partial charge on any atom is -0.290 e. The average molecular weight is 339 g/mol. The van der Waals surface area contributed by atoms with Crippen molar-refractivity contribution in [2.45, 2.75) is 78.3 Å². The SMILES string of the molecule is CCCCCC(N1CCCN(CCC)C1)N1CCCN(CCC)C1. The molecule has 0 aliphatic carbocycles. The molecule has 0 unspecified atom stereocenters. The maximum absolute atomic E-state index is 2.80. The highest BCUT2D eigenvalue weighted by Gasteiger charge is 2.30. The highest BCUT2D eigenvalue weighted by atomic mass is 15.5. The first-order chi connectivity index (χ1) is 11.8. The Balaban J connectivity index is 1.97. The molecule has 2 aliphatic rings. The molecule has 2 rings (SSSR count). The van der Waals surface area contributed by atoms with Crippen molar-refractivity contribution in [3.8, 4) is 0 Å². The van der Waals surface area contributed by atoms with Crippen molar-refractivity contribution in [2.24, 2.45) is 0 Å². The number of nitrogens with zero attached hydrogens (tertiary/aromatic N) is 4. The highest BCUT2D eigenvalue weighted by molar-refractivity contribution is 4.80. The predicted octanol–water partition coefficient (Wildman–Crippen LogP) is 3.64. The quantitative estimate of drug-likeness (QED) is 0.564. The van der Waals surface area contributed by atoms with Crippen molar-refractivity contribution < 1.29 is 0 Å². The van der Waals surface area contributed by atoms with Gasteiger partial charge in [0.2, 0.25) is 0 Å². The molecular weight excluding hydrogens is 296 g/mol. The summed E-state index contributed by atoms with van der Waals surface area (Å²) in [6.45, 7) is 17.0. The van der Waals surface area contributed by atoms with Crippen molar-refractivity contribution >= 4 is 0 Å². The summed E-state index contributed by atoms with van der Waals surface area (Å²) in [6, 6.07) is 0. The van der Waals surface area contributed by atoms with Gasteiger partial charge >= 0.3 is 0 Å². The van der Waals surface area contributed by atoms with Gasteiger partial charge in [-0.2, -0.15) is 0 Å². The van der Waals surface area contributed by atoms with Gasteiger partial charge in [0.15, 0.2) is 0 Å². The molecule has 2 fully saturated rings. The largest absolute Gasteiger partial charge is 0.290 e. The Morgan fingerprint density at radius 3 is 1.67 bits per heavy atom. The Morgan fingerprint density at radius 2 is 1.21 bits per heavy atom. The third kappa shape index (κ3) is 6.29. The molecule has 0 atom stereocenters. The van der Waals surface area contributed by atoms with E-state index in [9.17, 15) is 0 Å². The Labute approximate surface area is 151 Å². The van der Waals surface area contributed by atoms with Gasteiger partial charge in [-0.25, -0.2) is 0 Å². The van der Waals surface area contributed by atoms with Crippen LogP contribution in [0.1, 0.15) is 72.1 Å². The van der Waals surface area contributed by atoms with E-state index >= 15 is 0 Å². The first kappa shape index (κ1) is 20.2. The molecule has 0 aromatic carbocycles. The van der Waals surface area contributed by atoms with Crippen LogP contribution in [0.5, 0.6) is 0 Å². The maximum atomic E-state index is 2.80. The van der Waals surface area contributed by atoms with Gasteiger partial charge in [0, 0.05) is 26.2 Å². The van der Waals surface area contributed by atoms with Crippen LogP contribution in [0.3, 0.4) is 0 Å². The Hall–Kier alpha value is -0.160. The zero-order valence-corrected chi connectivity index (χ0v) is 16.7. The fourth-order valence-electron chi connectivity index (χ4n) is 4.45. The smallest absolute Gasteiger partial charge is 0.0644 e. The second kappa shape index (κ2) is 11.5. The summed E-state index contributed by atoms with van der Waals surface area (Å²) < 4.78 is 0. The van der Waals surface area contributed by atoms with Crippen LogP contribution in [-0.4, -0.2) is 78.4 Å². The molecule has 0 bridgehead atoms. The standard InChI is InChI=1S/C20H42N4/c1-4-7-8-11-20(23-16-9-14-21(18-23)12-5-2)24-17-10-15-22(19-24)13-6-3/h20H,4-19H2,1-3H3. The highest BCUT2D eigenvalue weighted by Crippen LogP contribution is 2.21. The zero-order valence-electron chi connectivity index (χ0n) is 16.7. The molecule has 142 valence electrons. The van der Waals surface area contributed by atoms with Gasteiger partial charge in [0.05, 0.1) is 19.5 Å². The molecule has 0 aromatic rings. The van der Waals surface area contributed by atoms with Crippen molar-refractivity contribution in [2.75, 3.05) is 52.6 Å². The average Bonchev–Trinajstić information content (AvgIpc) is 2.60. The second-order valence-corrected chi connectivity index (χ2v) is 7.83. The summed E-state index contributed by atoms with van der Waals surface area (Å²) in [5.74, 6) is 0. The van der Waals surface area contributed by atoms with E-state index in [1.54, 1.807) is 0 Å². The predicted molar refractivity (Wildman–Crippen MR) is 104 cm³/mol. The Bertz CT molecular complexity index is 293. The van der Waals surface area contributed by atoms with Gasteiger partial charge in [-0.1, -0.05) is 40.0 Å². The van der Waals surface area contributed by atoms with Crippen LogP contribution in [-0.2, 0) is 0 Å². The van der Waals surface area contributed by atoms with Crippen LogP contribution in [0.4, 0.5) is 0 Å². The normalized spacial score (nSPS) is 22.5. The van der Waals surface area contributed by atoms with E-state index in [1.165, 1.54) is 104 Å². The van der Waals surface area contributed by atoms with Gasteiger partial charge in [-0.3, -0.25) is 19.6 Å². The van der Waals surface area contributed by atoms with Crippen LogP contribution in [0.25, 0.3) is 0 Å². The fraction of sp³-hybridized carbons (Fsp3) is 1.00. The molecule has 0 aromatic heterocycles. The first-order valence-electron chi connectivity index (χ1n) is 10.7. The lowest BCUT2D eigenvalue weighted by molar-refractivity contribution is -0.0602. The van der Waals surface area contributed by atoms with E-state index in [4.69, 9.17) is 0 Å². The number of unbranched alkanes of at least 4 members (excludes halogenated alkanes) is 2. The first-order valence-corrected chi connectivity index (χ1v) is 10.7. The number of rotatable bonds is 10. The monoisotopic (exact) mass is 338 g/mol. The van der Waals surface area contributed by atoms with Crippen molar-refractivity contribution in [3.05, 3.63) is 0 Å².